The molecule has 1 unspecified atom stereocenters. The molecule has 2 aromatic carbocycles. The molecule has 0 bridgehead atoms. The van der Waals surface area contributed by atoms with Gasteiger partial charge in [0.25, 0.3) is 5.69 Å². The van der Waals surface area contributed by atoms with Gasteiger partial charge in [0.1, 0.15) is 0 Å². The van der Waals surface area contributed by atoms with E-state index >= 15 is 0 Å². The predicted molar refractivity (Wildman–Crippen MR) is 78.3 cm³/mol. The number of ether oxygens (including phenoxy) is 1. The van der Waals surface area contributed by atoms with E-state index in [2.05, 4.69) is 0 Å². The molecule has 0 spiro atoms. The molecule has 0 aliphatic heterocycles. The molecule has 0 radical (unpaired) electrons. The van der Waals surface area contributed by atoms with E-state index in [1.807, 2.05) is 30.3 Å². The van der Waals surface area contributed by atoms with Crippen molar-refractivity contribution in [2.75, 3.05) is 7.11 Å². The highest BCUT2D eigenvalue weighted by molar-refractivity contribution is 6.20. The molecule has 0 aromatic heterocycles. The normalized spacial score (nSPS) is 12.0. The summed E-state index contributed by atoms with van der Waals surface area (Å²) in [5.74, 6) is -0.800. The van der Waals surface area contributed by atoms with Gasteiger partial charge in [0.05, 0.1) is 23.5 Å². The predicted octanol–water partition coefficient (Wildman–Crippen LogP) is 4.27. The van der Waals surface area contributed by atoms with Crippen LogP contribution in [0.3, 0.4) is 0 Å². The third-order valence-corrected chi connectivity index (χ3v) is 3.52. The first-order chi connectivity index (χ1) is 10.0. The summed E-state index contributed by atoms with van der Waals surface area (Å²) in [6, 6.07) is 11.4. The van der Waals surface area contributed by atoms with Crippen LogP contribution < -0.4 is 4.74 Å². The Labute approximate surface area is 126 Å². The minimum absolute atomic E-state index is 0.0347. The summed E-state index contributed by atoms with van der Waals surface area (Å²) in [7, 11) is 1.31. The van der Waals surface area contributed by atoms with Gasteiger partial charge in [-0.2, -0.15) is 0 Å². The van der Waals surface area contributed by atoms with Crippen LogP contribution in [0.1, 0.15) is 16.5 Å². The lowest BCUT2D eigenvalue weighted by atomic mass is 10.0. The maximum Gasteiger partial charge on any atom is 0.275 e. The van der Waals surface area contributed by atoms with Crippen molar-refractivity contribution in [2.24, 2.45) is 0 Å². The number of nitrogens with zero attached hydrogens (tertiary/aromatic N) is 1. The molecule has 0 fully saturated rings. The molecule has 0 N–H and O–H groups in total. The number of methoxy groups -OCH3 is 1. The fourth-order valence-electron chi connectivity index (χ4n) is 2.05. The molecule has 4 nitrogen and oxygen atoms in total. The highest BCUT2D eigenvalue weighted by Crippen LogP contribution is 2.33. The summed E-state index contributed by atoms with van der Waals surface area (Å²) < 4.78 is 18.5. The van der Waals surface area contributed by atoms with Gasteiger partial charge in [0.15, 0.2) is 11.6 Å². The van der Waals surface area contributed by atoms with Gasteiger partial charge in [-0.1, -0.05) is 30.3 Å². The van der Waals surface area contributed by atoms with Crippen LogP contribution >= 0.6 is 11.6 Å². The third-order valence-electron chi connectivity index (χ3n) is 3.11. The zero-order valence-corrected chi connectivity index (χ0v) is 12.0. The van der Waals surface area contributed by atoms with Crippen LogP contribution in [-0.2, 0) is 6.42 Å². The number of nitro benzene ring substituents is 1. The van der Waals surface area contributed by atoms with Crippen LogP contribution in [0.4, 0.5) is 10.1 Å². The van der Waals surface area contributed by atoms with Crippen molar-refractivity contribution in [1.29, 1.82) is 0 Å². The number of rotatable bonds is 5. The highest BCUT2D eigenvalue weighted by Gasteiger charge is 2.21. The first-order valence-electron chi connectivity index (χ1n) is 6.22. The first kappa shape index (κ1) is 15.3. The summed E-state index contributed by atoms with van der Waals surface area (Å²) in [4.78, 5) is 10.4. The van der Waals surface area contributed by atoms with Crippen molar-refractivity contribution in [2.45, 2.75) is 11.8 Å². The number of nitro groups is 1. The van der Waals surface area contributed by atoms with Crippen molar-refractivity contribution >= 4 is 17.3 Å². The Bertz CT molecular complexity index is 649. The zero-order valence-electron chi connectivity index (χ0n) is 11.3. The molecule has 0 amide bonds. The van der Waals surface area contributed by atoms with E-state index < -0.39 is 16.1 Å². The topological polar surface area (TPSA) is 52.4 Å². The standard InChI is InChI=1S/C15H13ClFNO3/c1-21-15-8-11(14(18(19)20)9-13(15)17)7-12(16)10-5-3-2-4-6-10/h2-6,8-9,12H,7H2,1H3. The van der Waals surface area contributed by atoms with E-state index in [0.29, 0.717) is 5.56 Å². The monoisotopic (exact) mass is 309 g/mol. The van der Waals surface area contributed by atoms with Crippen LogP contribution in [0.25, 0.3) is 0 Å². The molecule has 6 heteroatoms. The average molecular weight is 310 g/mol. The van der Waals surface area contributed by atoms with Crippen molar-refractivity contribution in [3.05, 3.63) is 69.5 Å². The molecule has 1 atom stereocenters. The van der Waals surface area contributed by atoms with Gasteiger partial charge in [0, 0.05) is 5.56 Å². The smallest absolute Gasteiger partial charge is 0.275 e. The first-order valence-corrected chi connectivity index (χ1v) is 6.66. The Morgan fingerprint density at radius 1 is 1.33 bits per heavy atom. The van der Waals surface area contributed by atoms with Gasteiger partial charge in [-0.3, -0.25) is 10.1 Å². The average Bonchev–Trinajstić information content (AvgIpc) is 2.49. The lowest BCUT2D eigenvalue weighted by molar-refractivity contribution is -0.385. The minimum Gasteiger partial charge on any atom is -0.494 e. The fourth-order valence-corrected chi connectivity index (χ4v) is 2.36. The molecule has 0 aliphatic carbocycles. The van der Waals surface area contributed by atoms with Gasteiger partial charge in [-0.05, 0) is 18.1 Å². The second kappa shape index (κ2) is 6.54. The molecule has 0 aliphatic rings. The van der Waals surface area contributed by atoms with Crippen LogP contribution in [0, 0.1) is 15.9 Å². The zero-order chi connectivity index (χ0) is 15.4. The lowest BCUT2D eigenvalue weighted by Crippen LogP contribution is -2.02. The second-order valence-electron chi connectivity index (χ2n) is 4.45. The summed E-state index contributed by atoms with van der Waals surface area (Å²) >= 11 is 6.30. The largest absolute Gasteiger partial charge is 0.494 e. The quantitative estimate of drug-likeness (QED) is 0.471. The maximum absolute atomic E-state index is 13.6. The summed E-state index contributed by atoms with van der Waals surface area (Å²) in [5, 5.41) is 10.6. The van der Waals surface area contributed by atoms with E-state index in [0.717, 1.165) is 11.6 Å². The van der Waals surface area contributed by atoms with Crippen molar-refractivity contribution < 1.29 is 14.1 Å². The maximum atomic E-state index is 13.6. The second-order valence-corrected chi connectivity index (χ2v) is 4.98. The summed E-state index contributed by atoms with van der Waals surface area (Å²) in [6.45, 7) is 0. The van der Waals surface area contributed by atoms with Gasteiger partial charge in [0.2, 0.25) is 0 Å². The number of benzene rings is 2. The number of hydrogen-bond acceptors (Lipinski definition) is 3. The van der Waals surface area contributed by atoms with Gasteiger partial charge in [-0.25, -0.2) is 4.39 Å². The SMILES string of the molecule is COc1cc(CC(Cl)c2ccccc2)c([N+](=O)[O-])cc1F. The Morgan fingerprint density at radius 3 is 2.57 bits per heavy atom. The molecular weight excluding hydrogens is 297 g/mol. The molecule has 21 heavy (non-hydrogen) atoms. The Hall–Kier alpha value is -2.14. The van der Waals surface area contributed by atoms with E-state index in [1.54, 1.807) is 0 Å². The van der Waals surface area contributed by atoms with Crippen LogP contribution in [0.15, 0.2) is 42.5 Å². The Morgan fingerprint density at radius 2 is 2.00 bits per heavy atom. The van der Waals surface area contributed by atoms with Gasteiger partial charge >= 0.3 is 0 Å². The van der Waals surface area contributed by atoms with E-state index in [-0.39, 0.29) is 17.9 Å². The van der Waals surface area contributed by atoms with E-state index in [9.17, 15) is 14.5 Å². The highest BCUT2D eigenvalue weighted by atomic mass is 35.5. The van der Waals surface area contributed by atoms with E-state index in [1.165, 1.54) is 13.2 Å². The summed E-state index contributed by atoms with van der Waals surface area (Å²) in [5.41, 5.74) is 0.883. The van der Waals surface area contributed by atoms with Gasteiger partial charge < -0.3 is 4.74 Å². The Kier molecular flexibility index (Phi) is 4.75. The molecule has 110 valence electrons. The van der Waals surface area contributed by atoms with Crippen molar-refractivity contribution in [3.63, 3.8) is 0 Å². The minimum atomic E-state index is -0.765. The summed E-state index contributed by atoms with van der Waals surface area (Å²) in [6.07, 6.45) is 0.207. The lowest BCUT2D eigenvalue weighted by Gasteiger charge is -2.11. The van der Waals surface area contributed by atoms with Gasteiger partial charge in [-0.15, -0.1) is 11.6 Å². The number of hydrogen-bond donors (Lipinski definition) is 0. The van der Waals surface area contributed by atoms with Crippen LogP contribution in [0.5, 0.6) is 5.75 Å². The van der Waals surface area contributed by atoms with Crippen molar-refractivity contribution in [3.8, 4) is 5.75 Å². The molecule has 0 saturated carbocycles. The number of alkyl halides is 1. The fraction of sp³-hybridized carbons (Fsp3) is 0.200. The third kappa shape index (κ3) is 3.49. The number of halogens is 2. The molecule has 2 aromatic rings. The molecule has 0 heterocycles. The van der Waals surface area contributed by atoms with Crippen molar-refractivity contribution in [1.82, 2.24) is 0 Å². The molecular formula is C15H13ClFNO3. The molecule has 2 rings (SSSR count). The van der Waals surface area contributed by atoms with Crippen LogP contribution in [0.2, 0.25) is 0 Å². The molecule has 0 saturated heterocycles. The Balaban J connectivity index is 2.36. The van der Waals surface area contributed by atoms with Crippen LogP contribution in [-0.4, -0.2) is 12.0 Å². The van der Waals surface area contributed by atoms with E-state index in [4.69, 9.17) is 16.3 Å².